The lowest BCUT2D eigenvalue weighted by atomic mass is 10.2. The zero-order valence-electron chi connectivity index (χ0n) is 12.9. The number of hydrogen-bond acceptors (Lipinski definition) is 4. The summed E-state index contributed by atoms with van der Waals surface area (Å²) < 4.78 is 13.2. The summed E-state index contributed by atoms with van der Waals surface area (Å²) in [7, 11) is 3.64. The molecule has 0 aliphatic rings. The number of rotatable bonds is 8. The fourth-order valence-corrected chi connectivity index (χ4v) is 2.04. The van der Waals surface area contributed by atoms with Crippen molar-refractivity contribution >= 4 is 0 Å². The Morgan fingerprint density at radius 2 is 2.19 bits per heavy atom. The first-order valence-corrected chi connectivity index (χ1v) is 7.20. The smallest absolute Gasteiger partial charge is 0.130 e. The van der Waals surface area contributed by atoms with Gasteiger partial charge in [-0.15, -0.1) is 0 Å². The van der Waals surface area contributed by atoms with Crippen molar-refractivity contribution in [3.63, 3.8) is 0 Å². The van der Waals surface area contributed by atoms with Gasteiger partial charge in [0, 0.05) is 19.2 Å². The van der Waals surface area contributed by atoms with E-state index in [9.17, 15) is 0 Å². The van der Waals surface area contributed by atoms with Crippen molar-refractivity contribution in [2.24, 2.45) is 7.05 Å². The Morgan fingerprint density at radius 3 is 2.86 bits per heavy atom. The van der Waals surface area contributed by atoms with Crippen LogP contribution in [0.25, 0.3) is 0 Å². The van der Waals surface area contributed by atoms with Crippen LogP contribution in [0.15, 0.2) is 30.7 Å². The van der Waals surface area contributed by atoms with Crippen LogP contribution in [0.2, 0.25) is 0 Å². The van der Waals surface area contributed by atoms with Crippen LogP contribution >= 0.6 is 0 Å². The molecule has 0 atom stereocenters. The van der Waals surface area contributed by atoms with Crippen molar-refractivity contribution in [3.8, 4) is 11.5 Å². The fraction of sp³-hybridized carbons (Fsp3) is 0.438. The third-order valence-electron chi connectivity index (χ3n) is 3.30. The lowest BCUT2D eigenvalue weighted by Crippen LogP contribution is -2.15. The minimum atomic E-state index is 0.504. The second-order valence-electron chi connectivity index (χ2n) is 4.93. The molecule has 1 aromatic heterocycles. The van der Waals surface area contributed by atoms with Gasteiger partial charge in [-0.3, -0.25) is 0 Å². The van der Waals surface area contributed by atoms with Gasteiger partial charge in [0.15, 0.2) is 0 Å². The van der Waals surface area contributed by atoms with Gasteiger partial charge in [-0.05, 0) is 31.2 Å². The molecule has 21 heavy (non-hydrogen) atoms. The Hall–Kier alpha value is -2.01. The Balaban J connectivity index is 2.07. The molecule has 0 aliphatic heterocycles. The second kappa shape index (κ2) is 7.69. The van der Waals surface area contributed by atoms with Gasteiger partial charge < -0.3 is 19.4 Å². The second-order valence-corrected chi connectivity index (χ2v) is 4.93. The van der Waals surface area contributed by atoms with Gasteiger partial charge in [0.05, 0.1) is 25.3 Å². The number of methoxy groups -OCH3 is 1. The molecule has 1 heterocycles. The van der Waals surface area contributed by atoms with Crippen LogP contribution in [0, 0.1) is 0 Å². The maximum atomic E-state index is 5.94. The summed E-state index contributed by atoms with van der Waals surface area (Å²) in [6, 6.07) is 5.89. The molecule has 0 saturated carbocycles. The molecule has 114 valence electrons. The number of benzene rings is 1. The van der Waals surface area contributed by atoms with Crippen LogP contribution in [0.1, 0.15) is 24.6 Å². The Bertz CT molecular complexity index is 566. The molecule has 0 saturated heterocycles. The lowest BCUT2D eigenvalue weighted by molar-refractivity contribution is 0.292. The summed E-state index contributed by atoms with van der Waals surface area (Å²) in [5.74, 6) is 1.72. The van der Waals surface area contributed by atoms with E-state index >= 15 is 0 Å². The molecular weight excluding hydrogens is 266 g/mol. The first kappa shape index (κ1) is 15.4. The molecule has 0 amide bonds. The molecule has 2 aromatic rings. The van der Waals surface area contributed by atoms with Gasteiger partial charge in [-0.25, -0.2) is 4.98 Å². The van der Waals surface area contributed by atoms with E-state index in [1.807, 2.05) is 36.0 Å². The van der Waals surface area contributed by atoms with Crippen LogP contribution < -0.4 is 14.8 Å². The Morgan fingerprint density at radius 1 is 1.33 bits per heavy atom. The summed E-state index contributed by atoms with van der Waals surface area (Å²) in [4.78, 5) is 4.10. The quantitative estimate of drug-likeness (QED) is 0.759. The molecular formula is C16H23N3O2. The van der Waals surface area contributed by atoms with Gasteiger partial charge in [-0.2, -0.15) is 0 Å². The van der Waals surface area contributed by atoms with Gasteiger partial charge in [0.1, 0.15) is 18.1 Å². The first-order chi connectivity index (χ1) is 10.2. The number of imidazole rings is 1. The number of nitrogens with one attached hydrogen (secondary N) is 1. The molecule has 2 rings (SSSR count). The summed E-state index contributed by atoms with van der Waals surface area (Å²) in [6.07, 6.45) is 4.70. The highest BCUT2D eigenvalue weighted by molar-refractivity contribution is 5.40. The molecule has 1 aromatic carbocycles. The number of hydrogen-bond donors (Lipinski definition) is 1. The van der Waals surface area contributed by atoms with Gasteiger partial charge in [0.2, 0.25) is 0 Å². The number of ether oxygens (including phenoxy) is 2. The van der Waals surface area contributed by atoms with Crippen LogP contribution in [0.3, 0.4) is 0 Å². The van der Waals surface area contributed by atoms with Crippen LogP contribution in [-0.2, 0) is 20.2 Å². The van der Waals surface area contributed by atoms with E-state index in [2.05, 4.69) is 17.2 Å². The number of aromatic nitrogens is 2. The van der Waals surface area contributed by atoms with E-state index in [1.54, 1.807) is 13.4 Å². The van der Waals surface area contributed by atoms with Crippen LogP contribution in [0.4, 0.5) is 0 Å². The van der Waals surface area contributed by atoms with Crippen molar-refractivity contribution in [3.05, 3.63) is 42.0 Å². The maximum absolute atomic E-state index is 5.94. The van der Waals surface area contributed by atoms with Crippen LogP contribution in [-0.4, -0.2) is 23.2 Å². The molecule has 0 aliphatic carbocycles. The zero-order valence-corrected chi connectivity index (χ0v) is 12.9. The molecule has 0 radical (unpaired) electrons. The van der Waals surface area contributed by atoms with Gasteiger partial charge in [0.25, 0.3) is 0 Å². The summed E-state index contributed by atoms with van der Waals surface area (Å²) in [5, 5.41) is 3.39. The van der Waals surface area contributed by atoms with E-state index in [-0.39, 0.29) is 0 Å². The topological polar surface area (TPSA) is 48.3 Å². The molecule has 5 nitrogen and oxygen atoms in total. The van der Waals surface area contributed by atoms with Crippen molar-refractivity contribution < 1.29 is 9.47 Å². The standard InChI is InChI=1S/C16H23N3O2/c1-4-7-17-9-13-8-15(20-3)5-6-16(13)21-11-14-10-18-12-19(14)2/h5-6,8,10,12,17H,4,7,9,11H2,1-3H3. The van der Waals surface area contributed by atoms with Crippen molar-refractivity contribution in [1.82, 2.24) is 14.9 Å². The highest BCUT2D eigenvalue weighted by atomic mass is 16.5. The van der Waals surface area contributed by atoms with Gasteiger partial charge in [-0.1, -0.05) is 6.92 Å². The Labute approximate surface area is 125 Å². The SMILES string of the molecule is CCCNCc1cc(OC)ccc1OCc1cncn1C. The maximum Gasteiger partial charge on any atom is 0.130 e. The molecule has 1 N–H and O–H groups in total. The van der Waals surface area contributed by atoms with Crippen molar-refractivity contribution in [1.29, 1.82) is 0 Å². The first-order valence-electron chi connectivity index (χ1n) is 7.20. The largest absolute Gasteiger partial charge is 0.497 e. The van der Waals surface area contributed by atoms with E-state index in [4.69, 9.17) is 9.47 Å². The molecule has 0 fully saturated rings. The van der Waals surface area contributed by atoms with E-state index < -0.39 is 0 Å². The normalized spacial score (nSPS) is 10.6. The monoisotopic (exact) mass is 289 g/mol. The van der Waals surface area contributed by atoms with Crippen molar-refractivity contribution in [2.75, 3.05) is 13.7 Å². The average molecular weight is 289 g/mol. The van der Waals surface area contributed by atoms with E-state index in [0.717, 1.165) is 42.3 Å². The van der Waals surface area contributed by atoms with Crippen LogP contribution in [0.5, 0.6) is 11.5 Å². The molecule has 5 heteroatoms. The zero-order chi connectivity index (χ0) is 15.1. The highest BCUT2D eigenvalue weighted by Crippen LogP contribution is 2.25. The molecule has 0 bridgehead atoms. The average Bonchev–Trinajstić information content (AvgIpc) is 2.91. The van der Waals surface area contributed by atoms with E-state index in [1.165, 1.54) is 0 Å². The molecule has 0 unspecified atom stereocenters. The lowest BCUT2D eigenvalue weighted by Gasteiger charge is -2.13. The summed E-state index contributed by atoms with van der Waals surface area (Å²) in [5.41, 5.74) is 2.14. The highest BCUT2D eigenvalue weighted by Gasteiger charge is 2.07. The Kier molecular flexibility index (Phi) is 5.63. The molecule has 0 spiro atoms. The summed E-state index contributed by atoms with van der Waals surface area (Å²) >= 11 is 0. The van der Waals surface area contributed by atoms with Crippen molar-refractivity contribution in [2.45, 2.75) is 26.5 Å². The fourth-order valence-electron chi connectivity index (χ4n) is 2.04. The minimum absolute atomic E-state index is 0.504. The third kappa shape index (κ3) is 4.23. The number of aryl methyl sites for hydroxylation is 1. The predicted molar refractivity (Wildman–Crippen MR) is 82.5 cm³/mol. The minimum Gasteiger partial charge on any atom is -0.497 e. The predicted octanol–water partition coefficient (Wildman–Crippen LogP) is 2.51. The van der Waals surface area contributed by atoms with E-state index in [0.29, 0.717) is 6.61 Å². The third-order valence-corrected chi connectivity index (χ3v) is 3.30. The summed E-state index contributed by atoms with van der Waals surface area (Å²) in [6.45, 7) is 4.41. The van der Waals surface area contributed by atoms with Gasteiger partial charge >= 0.3 is 0 Å². The number of nitrogens with zero attached hydrogens (tertiary/aromatic N) is 2.